The summed E-state index contributed by atoms with van der Waals surface area (Å²) in [6.07, 6.45) is 0. The highest BCUT2D eigenvalue weighted by Crippen LogP contribution is 2.26. The van der Waals surface area contributed by atoms with Gasteiger partial charge in [-0.3, -0.25) is 14.3 Å². The molecule has 0 radical (unpaired) electrons. The van der Waals surface area contributed by atoms with Crippen LogP contribution in [0.1, 0.15) is 17.0 Å². The quantitative estimate of drug-likeness (QED) is 0.558. The minimum absolute atomic E-state index is 0.143. The molecule has 0 spiro atoms. The summed E-state index contributed by atoms with van der Waals surface area (Å²) in [5, 5.41) is 13.8. The molecule has 0 unspecified atom stereocenters. The van der Waals surface area contributed by atoms with Crippen LogP contribution in [-0.4, -0.2) is 25.5 Å². The third-order valence-electron chi connectivity index (χ3n) is 5.35. The molecule has 2 heterocycles. The van der Waals surface area contributed by atoms with E-state index >= 15 is 0 Å². The summed E-state index contributed by atoms with van der Waals surface area (Å²) in [5.41, 5.74) is 4.12. The fourth-order valence-corrected chi connectivity index (χ4v) is 3.61. The van der Waals surface area contributed by atoms with Gasteiger partial charge in [-0.1, -0.05) is 42.5 Å². The molecule has 0 aliphatic carbocycles. The lowest BCUT2D eigenvalue weighted by Gasteiger charge is -2.10. The molecular weight excluding hydrogens is 378 g/mol. The lowest BCUT2D eigenvalue weighted by Crippen LogP contribution is -2.33. The number of benzene rings is 2. The van der Waals surface area contributed by atoms with Crippen LogP contribution in [0.3, 0.4) is 0 Å². The van der Waals surface area contributed by atoms with Crippen LogP contribution in [-0.2, 0) is 24.9 Å². The second-order valence-electron chi connectivity index (χ2n) is 7.29. The van der Waals surface area contributed by atoms with Crippen LogP contribution in [0.25, 0.3) is 22.0 Å². The maximum absolute atomic E-state index is 12.5. The highest BCUT2D eigenvalue weighted by molar-refractivity contribution is 5.95. The van der Waals surface area contributed by atoms with Crippen LogP contribution in [0.2, 0.25) is 0 Å². The first-order valence-electron chi connectivity index (χ1n) is 9.76. The van der Waals surface area contributed by atoms with Crippen LogP contribution < -0.4 is 10.9 Å². The van der Waals surface area contributed by atoms with E-state index in [0.717, 1.165) is 33.3 Å². The fourth-order valence-electron chi connectivity index (χ4n) is 3.61. The second kappa shape index (κ2) is 7.94. The fraction of sp³-hybridized carbons (Fsp3) is 0.217. The average molecular weight is 401 g/mol. The molecule has 7 nitrogen and oxygen atoms in total. The number of hydrogen-bond donors (Lipinski definition) is 1. The molecule has 0 bridgehead atoms. The van der Waals surface area contributed by atoms with Gasteiger partial charge in [-0.15, -0.1) is 0 Å². The Bertz CT molecular complexity index is 1300. The van der Waals surface area contributed by atoms with Crippen LogP contribution in [0, 0.1) is 13.8 Å². The van der Waals surface area contributed by atoms with Gasteiger partial charge in [-0.25, -0.2) is 4.68 Å². The summed E-state index contributed by atoms with van der Waals surface area (Å²) in [5.74, 6) is -0.276. The van der Waals surface area contributed by atoms with E-state index in [1.165, 1.54) is 10.7 Å². The molecule has 4 aromatic rings. The van der Waals surface area contributed by atoms with Gasteiger partial charge in [-0.05, 0) is 30.7 Å². The third-order valence-corrected chi connectivity index (χ3v) is 5.35. The Morgan fingerprint density at radius 3 is 2.53 bits per heavy atom. The molecule has 0 aliphatic heterocycles. The van der Waals surface area contributed by atoms with Crippen molar-refractivity contribution in [3.05, 3.63) is 81.9 Å². The van der Waals surface area contributed by atoms with Crippen LogP contribution >= 0.6 is 0 Å². The Hall–Kier alpha value is -3.74. The molecule has 0 saturated carbocycles. The number of nitrogens with one attached hydrogen (secondary N) is 1. The van der Waals surface area contributed by atoms with E-state index in [4.69, 9.17) is 0 Å². The van der Waals surface area contributed by atoms with Gasteiger partial charge >= 0.3 is 0 Å². The molecule has 0 aliphatic rings. The van der Waals surface area contributed by atoms with Gasteiger partial charge in [0.05, 0.1) is 11.4 Å². The van der Waals surface area contributed by atoms with Gasteiger partial charge in [0.25, 0.3) is 5.56 Å². The molecule has 7 heteroatoms. The number of aryl methyl sites for hydroxylation is 2. The number of fused-ring (bicyclic) bond motifs is 1. The third kappa shape index (κ3) is 3.74. The molecule has 4 rings (SSSR count). The standard InChI is InChI=1S/C23H23N5O2/c1-15-20(16(2)27(3)25-15)13-24-22(29)14-28-23(30)12-11-21(26-28)19-10-6-8-17-7-4-5-9-18(17)19/h4-12H,13-14H2,1-3H3,(H,24,29). The van der Waals surface area contributed by atoms with Crippen molar-refractivity contribution < 1.29 is 4.79 Å². The number of rotatable bonds is 5. The number of nitrogens with zero attached hydrogens (tertiary/aromatic N) is 4. The average Bonchev–Trinajstić information content (AvgIpc) is 2.99. The predicted octanol–water partition coefficient (Wildman–Crippen LogP) is 2.73. The van der Waals surface area contributed by atoms with E-state index in [1.807, 2.05) is 63.4 Å². The number of aromatic nitrogens is 4. The van der Waals surface area contributed by atoms with Crippen molar-refractivity contribution in [3.8, 4) is 11.3 Å². The summed E-state index contributed by atoms with van der Waals surface area (Å²) in [4.78, 5) is 24.8. The van der Waals surface area contributed by atoms with E-state index in [0.29, 0.717) is 12.2 Å². The van der Waals surface area contributed by atoms with Gasteiger partial charge < -0.3 is 5.32 Å². The molecule has 30 heavy (non-hydrogen) atoms. The largest absolute Gasteiger partial charge is 0.350 e. The summed E-state index contributed by atoms with van der Waals surface area (Å²) in [6, 6.07) is 17.1. The van der Waals surface area contributed by atoms with Gasteiger partial charge in [0.2, 0.25) is 5.91 Å². The summed E-state index contributed by atoms with van der Waals surface area (Å²) in [6.45, 7) is 4.09. The molecule has 2 aromatic carbocycles. The Morgan fingerprint density at radius 1 is 1.00 bits per heavy atom. The van der Waals surface area contributed by atoms with Crippen molar-refractivity contribution in [2.45, 2.75) is 26.9 Å². The molecule has 1 N–H and O–H groups in total. The monoisotopic (exact) mass is 401 g/mol. The molecule has 0 fully saturated rings. The SMILES string of the molecule is Cc1nn(C)c(C)c1CNC(=O)Cn1nc(-c2cccc3ccccc23)ccc1=O. The second-order valence-corrected chi connectivity index (χ2v) is 7.29. The van der Waals surface area contributed by atoms with E-state index in [1.54, 1.807) is 10.7 Å². The Labute approximate surface area is 174 Å². The lowest BCUT2D eigenvalue weighted by atomic mass is 10.0. The maximum Gasteiger partial charge on any atom is 0.267 e. The Kier molecular flexibility index (Phi) is 5.18. The zero-order valence-electron chi connectivity index (χ0n) is 17.2. The van der Waals surface area contributed by atoms with Gasteiger partial charge in [0.15, 0.2) is 0 Å². The van der Waals surface area contributed by atoms with Gasteiger partial charge in [0, 0.05) is 36.5 Å². The zero-order chi connectivity index (χ0) is 21.3. The highest BCUT2D eigenvalue weighted by atomic mass is 16.2. The van der Waals surface area contributed by atoms with Crippen LogP contribution in [0.4, 0.5) is 0 Å². The Morgan fingerprint density at radius 2 is 1.77 bits per heavy atom. The highest BCUT2D eigenvalue weighted by Gasteiger charge is 2.13. The van der Waals surface area contributed by atoms with E-state index in [2.05, 4.69) is 15.5 Å². The van der Waals surface area contributed by atoms with E-state index in [9.17, 15) is 9.59 Å². The topological polar surface area (TPSA) is 81.8 Å². The zero-order valence-corrected chi connectivity index (χ0v) is 17.2. The van der Waals surface area contributed by atoms with Gasteiger partial charge in [0.1, 0.15) is 6.54 Å². The van der Waals surface area contributed by atoms with E-state index < -0.39 is 0 Å². The first kappa shape index (κ1) is 19.6. The van der Waals surface area contributed by atoms with Crippen molar-refractivity contribution in [1.29, 1.82) is 0 Å². The summed E-state index contributed by atoms with van der Waals surface area (Å²) >= 11 is 0. The molecular formula is C23H23N5O2. The van der Waals surface area contributed by atoms with Crippen molar-refractivity contribution >= 4 is 16.7 Å². The molecule has 152 valence electrons. The van der Waals surface area contributed by atoms with Crippen molar-refractivity contribution in [3.63, 3.8) is 0 Å². The smallest absolute Gasteiger partial charge is 0.267 e. The number of hydrogen-bond acceptors (Lipinski definition) is 4. The van der Waals surface area contributed by atoms with Gasteiger partial charge in [-0.2, -0.15) is 10.2 Å². The first-order valence-corrected chi connectivity index (χ1v) is 9.76. The maximum atomic E-state index is 12.5. The van der Waals surface area contributed by atoms with Crippen LogP contribution in [0.5, 0.6) is 0 Å². The Balaban J connectivity index is 1.56. The van der Waals surface area contributed by atoms with Crippen molar-refractivity contribution in [2.75, 3.05) is 0 Å². The minimum atomic E-state index is -0.317. The van der Waals surface area contributed by atoms with Crippen LogP contribution in [0.15, 0.2) is 59.4 Å². The number of carbonyl (C=O) groups excluding carboxylic acids is 1. The van der Waals surface area contributed by atoms with Crippen molar-refractivity contribution in [2.24, 2.45) is 7.05 Å². The minimum Gasteiger partial charge on any atom is -0.350 e. The molecule has 2 aromatic heterocycles. The molecule has 0 saturated heterocycles. The van der Waals surface area contributed by atoms with Crippen molar-refractivity contribution in [1.82, 2.24) is 24.9 Å². The normalized spacial score (nSPS) is 11.0. The number of carbonyl (C=O) groups is 1. The first-order chi connectivity index (χ1) is 14.4. The molecule has 0 atom stereocenters. The number of amides is 1. The summed E-state index contributed by atoms with van der Waals surface area (Å²) < 4.78 is 2.99. The molecule has 1 amide bonds. The summed E-state index contributed by atoms with van der Waals surface area (Å²) in [7, 11) is 1.87. The lowest BCUT2D eigenvalue weighted by molar-refractivity contribution is -0.122. The van der Waals surface area contributed by atoms with E-state index in [-0.39, 0.29) is 18.0 Å². The predicted molar refractivity (Wildman–Crippen MR) is 116 cm³/mol.